The number of ether oxygens (including phenoxy) is 1. The number of hydrogen-bond donors (Lipinski definition) is 7. The average molecular weight is 867 g/mol. The number of alkyl carbamates (subject to hydrolysis) is 1. The van der Waals surface area contributed by atoms with Crippen LogP contribution in [0.4, 0.5) is 4.79 Å². The van der Waals surface area contributed by atoms with Crippen molar-refractivity contribution in [3.63, 3.8) is 0 Å². The Balaban J connectivity index is -0.000000349. The van der Waals surface area contributed by atoms with Crippen LogP contribution in [0.3, 0.4) is 0 Å². The van der Waals surface area contributed by atoms with E-state index in [0.29, 0.717) is 6.61 Å². The van der Waals surface area contributed by atoms with Gasteiger partial charge in [0.25, 0.3) is 0 Å². The quantitative estimate of drug-likeness (QED) is 0.0650. The zero-order valence-corrected chi connectivity index (χ0v) is 40.6. The summed E-state index contributed by atoms with van der Waals surface area (Å²) in [6.45, 7) is 23.9. The molecule has 2 amide bonds. The summed E-state index contributed by atoms with van der Waals surface area (Å²) in [5, 5.41) is 41.8. The van der Waals surface area contributed by atoms with E-state index in [1.807, 2.05) is 205 Å². The highest BCUT2D eigenvalue weighted by molar-refractivity contribution is 5.82. The monoisotopic (exact) mass is 867 g/mol. The van der Waals surface area contributed by atoms with E-state index >= 15 is 0 Å². The molecule has 4 atom stereocenters. The highest BCUT2D eigenvalue weighted by Crippen LogP contribution is 2.28. The minimum atomic E-state index is -0.514. The highest BCUT2D eigenvalue weighted by Gasteiger charge is 2.32. The Bertz CT molecular complexity index is 1530. The largest absolute Gasteiger partial charge is 0.450 e. The normalized spacial score (nSPS) is 11.5. The predicted molar refractivity (Wildman–Crippen MR) is 261 cm³/mol. The van der Waals surface area contributed by atoms with Gasteiger partial charge in [-0.05, 0) is 42.6 Å². The summed E-state index contributed by atoms with van der Waals surface area (Å²) >= 11 is 0. The number of amides is 2. The third-order valence-electron chi connectivity index (χ3n) is 8.72. The second kappa shape index (κ2) is 43.0. The molecule has 11 heteroatoms. The number of hydrogen-bond acceptors (Lipinski definition) is 9. The molecule has 0 aliphatic rings. The van der Waals surface area contributed by atoms with Gasteiger partial charge in [-0.3, -0.25) is 4.79 Å². The molecule has 0 spiro atoms. The molecule has 62 heavy (non-hydrogen) atoms. The van der Waals surface area contributed by atoms with Crippen LogP contribution < -0.4 is 16.4 Å². The van der Waals surface area contributed by atoms with E-state index in [1.165, 1.54) is 0 Å². The summed E-state index contributed by atoms with van der Waals surface area (Å²) < 4.78 is 4.73. The van der Waals surface area contributed by atoms with Gasteiger partial charge in [-0.2, -0.15) is 0 Å². The third-order valence-corrected chi connectivity index (χ3v) is 8.72. The number of likely N-dealkylation sites (N-methyl/N-ethyl adjacent to an activating group) is 2. The van der Waals surface area contributed by atoms with Crippen molar-refractivity contribution < 1.29 is 34.8 Å². The fourth-order valence-electron chi connectivity index (χ4n) is 4.99. The number of nitrogens with two attached hydrogens (primary N) is 1. The van der Waals surface area contributed by atoms with Crippen molar-refractivity contribution in [2.45, 2.75) is 114 Å². The first-order valence-corrected chi connectivity index (χ1v) is 22.2. The molecular weight excluding hydrogens is 781 g/mol. The Morgan fingerprint density at radius 3 is 1.26 bits per heavy atom. The minimum Gasteiger partial charge on any atom is -0.450 e. The predicted octanol–water partition coefficient (Wildman–Crippen LogP) is 9.80. The first-order chi connectivity index (χ1) is 29.9. The summed E-state index contributed by atoms with van der Waals surface area (Å²) in [7, 11) is 3.60. The van der Waals surface area contributed by atoms with Gasteiger partial charge in [0.05, 0.1) is 57.2 Å². The first kappa shape index (κ1) is 64.0. The van der Waals surface area contributed by atoms with Crippen LogP contribution in [0, 0.1) is 5.41 Å². The fraction of sp³-hybridized carbons (Fsp3) is 0.490. The second-order valence-corrected chi connectivity index (χ2v) is 12.9. The molecule has 0 saturated heterocycles. The smallest absolute Gasteiger partial charge is 0.407 e. The van der Waals surface area contributed by atoms with Gasteiger partial charge in [-0.25, -0.2) is 4.79 Å². The molecular formula is C51H86N4O7. The molecule has 0 bridgehead atoms. The highest BCUT2D eigenvalue weighted by atomic mass is 16.5. The fourth-order valence-corrected chi connectivity index (χ4v) is 4.99. The Kier molecular flexibility index (Phi) is 44.4. The number of aliphatic hydroxyl groups excluding tert-OH is 4. The van der Waals surface area contributed by atoms with Crippen LogP contribution >= 0.6 is 0 Å². The maximum absolute atomic E-state index is 12.4. The van der Waals surface area contributed by atoms with Gasteiger partial charge in [0.2, 0.25) is 5.91 Å². The number of nitrogens with zero attached hydrogens (tertiary/aromatic N) is 1. The van der Waals surface area contributed by atoms with Crippen LogP contribution in [0.1, 0.15) is 136 Å². The lowest BCUT2D eigenvalue weighted by atomic mass is 9.88. The minimum absolute atomic E-state index is 0.00398. The number of benzene rings is 4. The van der Waals surface area contributed by atoms with Crippen LogP contribution in [0.25, 0.3) is 0 Å². The van der Waals surface area contributed by atoms with Gasteiger partial charge in [-0.15, -0.1) is 0 Å². The van der Waals surface area contributed by atoms with Gasteiger partial charge in [-0.1, -0.05) is 197 Å². The van der Waals surface area contributed by atoms with Gasteiger partial charge in [0.1, 0.15) is 0 Å². The summed E-state index contributed by atoms with van der Waals surface area (Å²) in [6.07, 6.45) is 0.267. The van der Waals surface area contributed by atoms with Gasteiger partial charge >= 0.3 is 6.09 Å². The summed E-state index contributed by atoms with van der Waals surface area (Å²) in [6, 6.07) is 37.5. The number of carbonyl (C=O) groups is 2. The summed E-state index contributed by atoms with van der Waals surface area (Å²) in [4.78, 5) is 25.2. The molecule has 11 nitrogen and oxygen atoms in total. The number of aliphatic hydroxyl groups is 4. The van der Waals surface area contributed by atoms with E-state index in [9.17, 15) is 14.7 Å². The van der Waals surface area contributed by atoms with E-state index in [0.717, 1.165) is 28.7 Å². The van der Waals surface area contributed by atoms with Crippen molar-refractivity contribution in [1.82, 2.24) is 15.5 Å². The van der Waals surface area contributed by atoms with E-state index in [2.05, 4.69) is 10.6 Å². The molecule has 4 rings (SSSR count). The Hall–Kier alpha value is -4.62. The molecule has 0 saturated carbocycles. The van der Waals surface area contributed by atoms with E-state index < -0.39 is 17.6 Å². The third kappa shape index (κ3) is 27.4. The Morgan fingerprint density at radius 1 is 0.597 bits per heavy atom. The van der Waals surface area contributed by atoms with Crippen molar-refractivity contribution in [3.8, 4) is 0 Å². The first-order valence-electron chi connectivity index (χ1n) is 22.2. The van der Waals surface area contributed by atoms with E-state index in [4.69, 9.17) is 25.8 Å². The van der Waals surface area contributed by atoms with Crippen LogP contribution in [0.2, 0.25) is 0 Å². The molecule has 4 aromatic rings. The zero-order chi connectivity index (χ0) is 48.4. The number of rotatable bonds is 14. The van der Waals surface area contributed by atoms with Crippen LogP contribution in [0.15, 0.2) is 121 Å². The van der Waals surface area contributed by atoms with Crippen molar-refractivity contribution in [2.75, 3.05) is 47.1 Å². The van der Waals surface area contributed by atoms with Gasteiger partial charge < -0.3 is 46.4 Å². The van der Waals surface area contributed by atoms with Crippen molar-refractivity contribution in [2.24, 2.45) is 11.1 Å². The molecule has 0 fully saturated rings. The lowest BCUT2D eigenvalue weighted by molar-refractivity contribution is -0.142. The maximum atomic E-state index is 12.4. The summed E-state index contributed by atoms with van der Waals surface area (Å²) in [5.74, 6) is 0.0629. The molecule has 0 aliphatic heterocycles. The van der Waals surface area contributed by atoms with Crippen molar-refractivity contribution >= 4 is 12.0 Å². The second-order valence-electron chi connectivity index (χ2n) is 12.9. The maximum Gasteiger partial charge on any atom is 0.407 e. The molecule has 0 radical (unpaired) electrons. The number of nitrogens with one attached hydrogen (secondary N) is 2. The molecule has 0 aliphatic carbocycles. The molecule has 0 heterocycles. The molecule has 0 aromatic heterocycles. The van der Waals surface area contributed by atoms with Crippen molar-refractivity contribution in [1.29, 1.82) is 0 Å². The van der Waals surface area contributed by atoms with Crippen LogP contribution in [-0.2, 0) is 9.53 Å². The van der Waals surface area contributed by atoms with Crippen LogP contribution in [-0.4, -0.2) is 84.5 Å². The zero-order valence-electron chi connectivity index (χ0n) is 40.6. The number of carbonyl (C=O) groups excluding carboxylic acids is 2. The topological polar surface area (TPSA) is 178 Å². The SMILES string of the molecule is CC.CC.CC.CC.CCC(C)(C)C(=O)N(C)[C@@H](CO)c1ccccc1.CCOC(=O)N[C@@H](CO)c1ccccc1.CN[C@@H](CO)c1ccccc1.N[C@@H](CO)c1ccccc1. The Morgan fingerprint density at radius 2 is 0.952 bits per heavy atom. The summed E-state index contributed by atoms with van der Waals surface area (Å²) in [5.41, 5.74) is 9.07. The molecule has 352 valence electrons. The van der Waals surface area contributed by atoms with E-state index in [-0.39, 0.29) is 50.5 Å². The average Bonchev–Trinajstić information content (AvgIpc) is 3.35. The van der Waals surface area contributed by atoms with Crippen molar-refractivity contribution in [3.05, 3.63) is 144 Å². The molecule has 4 aromatic carbocycles. The van der Waals surface area contributed by atoms with Gasteiger partial charge in [0.15, 0.2) is 0 Å². The van der Waals surface area contributed by atoms with Crippen LogP contribution in [0.5, 0.6) is 0 Å². The van der Waals surface area contributed by atoms with Gasteiger partial charge in [0, 0.05) is 12.5 Å². The Labute approximate surface area is 376 Å². The standard InChI is InChI=1S/C15H23NO2.C11H15NO3.C9H13NO.C8H11NO.4C2H6/c1-5-15(2,3)14(18)16(4)13(11-17)12-9-7-6-8-10-12;1-2-15-11(14)12-10(8-13)9-6-4-3-5-7-9;1-10-9(7-11)8-5-3-2-4-6-8;9-8(6-10)7-4-2-1-3-5-7;4*1-2/h6-10,13,17H,5,11H2,1-4H3;3-7,10,13H,2,8H2,1H3,(H,12,14);2-6,9-11H,7H2,1H3;1-5,8,10H,6,9H2;4*1-2H3/t13-;10-;9-;8-;;;;/m0000..../s1. The lowest BCUT2D eigenvalue weighted by Crippen LogP contribution is -2.41. The lowest BCUT2D eigenvalue weighted by Gasteiger charge is -2.33. The molecule has 0 unspecified atom stereocenters. The molecule has 8 N–H and O–H groups in total. The van der Waals surface area contributed by atoms with E-state index in [1.54, 1.807) is 18.9 Å².